The first-order chi connectivity index (χ1) is 10.1. The lowest BCUT2D eigenvalue weighted by atomic mass is 10.1. The predicted molar refractivity (Wildman–Crippen MR) is 82.2 cm³/mol. The molecule has 1 rings (SSSR count). The number of methoxy groups -OCH3 is 1. The number of ether oxygens (including phenoxy) is 1. The molecular weight excluding hydrogens is 308 g/mol. The van der Waals surface area contributed by atoms with Crippen LogP contribution in [0.4, 0.5) is 0 Å². The third kappa shape index (κ3) is 5.43. The Morgan fingerprint density at radius 1 is 1.36 bits per heavy atom. The first-order valence-corrected chi connectivity index (χ1v) is 8.51. The molecule has 0 spiro atoms. The van der Waals surface area contributed by atoms with E-state index in [9.17, 15) is 13.2 Å². The molecule has 1 heterocycles. The molecule has 1 aromatic rings. The van der Waals surface area contributed by atoms with Crippen molar-refractivity contribution in [2.45, 2.75) is 50.8 Å². The van der Waals surface area contributed by atoms with Gasteiger partial charge in [-0.15, -0.1) is 0 Å². The Morgan fingerprint density at radius 3 is 2.50 bits per heavy atom. The average Bonchev–Trinajstić information content (AvgIpc) is 2.85. The Morgan fingerprint density at radius 2 is 2.00 bits per heavy atom. The summed E-state index contributed by atoms with van der Waals surface area (Å²) in [6.45, 7) is 7.45. The molecule has 0 fully saturated rings. The molecule has 1 aromatic heterocycles. The minimum Gasteiger partial charge on any atom is -0.438 e. The van der Waals surface area contributed by atoms with Gasteiger partial charge in [-0.05, 0) is 39.3 Å². The van der Waals surface area contributed by atoms with Crippen LogP contribution in [-0.2, 0) is 14.8 Å². The van der Waals surface area contributed by atoms with E-state index in [0.717, 1.165) is 0 Å². The summed E-state index contributed by atoms with van der Waals surface area (Å²) in [5.74, 6) is -0.523. The van der Waals surface area contributed by atoms with Crippen molar-refractivity contribution in [2.75, 3.05) is 13.7 Å². The third-order valence-corrected chi connectivity index (χ3v) is 4.34. The van der Waals surface area contributed by atoms with E-state index in [1.165, 1.54) is 12.1 Å². The van der Waals surface area contributed by atoms with Gasteiger partial charge in [0.05, 0.1) is 12.6 Å². The molecule has 0 bridgehead atoms. The largest absolute Gasteiger partial charge is 0.438 e. The van der Waals surface area contributed by atoms with Gasteiger partial charge in [0, 0.05) is 12.6 Å². The first-order valence-electron chi connectivity index (χ1n) is 7.02. The SMILES string of the molecule is CCC(COC)NC(=O)c1ccc(S(=O)(=O)NC(C)(C)C)o1. The normalized spacial score (nSPS) is 13.9. The van der Waals surface area contributed by atoms with Crippen LogP contribution in [0.25, 0.3) is 0 Å². The van der Waals surface area contributed by atoms with E-state index in [1.807, 2.05) is 6.92 Å². The number of amides is 1. The minimum absolute atomic E-state index is 0.0520. The Balaban J connectivity index is 2.85. The molecule has 1 atom stereocenters. The maximum absolute atomic E-state index is 12.1. The van der Waals surface area contributed by atoms with Gasteiger partial charge in [-0.25, -0.2) is 13.1 Å². The predicted octanol–water partition coefficient (Wildman–Crippen LogP) is 1.51. The van der Waals surface area contributed by atoms with E-state index in [0.29, 0.717) is 13.0 Å². The number of furan rings is 1. The van der Waals surface area contributed by atoms with Crippen molar-refractivity contribution in [1.82, 2.24) is 10.0 Å². The summed E-state index contributed by atoms with van der Waals surface area (Å²) in [6.07, 6.45) is 0.691. The molecule has 126 valence electrons. The average molecular weight is 332 g/mol. The fraction of sp³-hybridized carbons (Fsp3) is 0.643. The Labute approximate surface area is 131 Å². The van der Waals surface area contributed by atoms with Crippen molar-refractivity contribution in [3.63, 3.8) is 0 Å². The molecule has 0 radical (unpaired) electrons. The fourth-order valence-corrected chi connectivity index (χ4v) is 3.11. The number of carbonyl (C=O) groups excluding carboxylic acids is 1. The Bertz CT molecular complexity index is 601. The summed E-state index contributed by atoms with van der Waals surface area (Å²) >= 11 is 0. The van der Waals surface area contributed by atoms with E-state index in [-0.39, 0.29) is 16.9 Å². The van der Waals surface area contributed by atoms with E-state index in [1.54, 1.807) is 27.9 Å². The maximum Gasteiger partial charge on any atom is 0.287 e. The highest BCUT2D eigenvalue weighted by atomic mass is 32.2. The standard InChI is InChI=1S/C14H24N2O5S/c1-6-10(9-20-5)15-13(17)11-7-8-12(21-11)22(18,19)16-14(2,3)4/h7-8,10,16H,6,9H2,1-5H3,(H,15,17). The third-order valence-electron chi connectivity index (χ3n) is 2.71. The smallest absolute Gasteiger partial charge is 0.287 e. The molecule has 0 saturated heterocycles. The van der Waals surface area contributed by atoms with Crippen molar-refractivity contribution >= 4 is 15.9 Å². The molecular formula is C14H24N2O5S. The molecule has 0 saturated carbocycles. The quantitative estimate of drug-likeness (QED) is 0.789. The zero-order valence-corrected chi connectivity index (χ0v) is 14.4. The molecule has 0 aliphatic rings. The second-order valence-corrected chi connectivity index (χ2v) is 7.62. The van der Waals surface area contributed by atoms with E-state index < -0.39 is 21.5 Å². The molecule has 0 aliphatic heterocycles. The van der Waals surface area contributed by atoms with E-state index in [2.05, 4.69) is 10.0 Å². The Kier molecular flexibility index (Phi) is 6.16. The van der Waals surface area contributed by atoms with Gasteiger partial charge < -0.3 is 14.5 Å². The molecule has 2 N–H and O–H groups in total. The lowest BCUT2D eigenvalue weighted by molar-refractivity contribution is 0.0862. The minimum atomic E-state index is -3.80. The van der Waals surface area contributed by atoms with Crippen molar-refractivity contribution < 1.29 is 22.4 Å². The van der Waals surface area contributed by atoms with Crippen LogP contribution in [0, 0.1) is 0 Å². The number of rotatable bonds is 7. The molecule has 7 nitrogen and oxygen atoms in total. The van der Waals surface area contributed by atoms with Crippen LogP contribution in [0.1, 0.15) is 44.7 Å². The van der Waals surface area contributed by atoms with Gasteiger partial charge in [0.2, 0.25) is 5.09 Å². The highest BCUT2D eigenvalue weighted by Gasteiger charge is 2.26. The highest BCUT2D eigenvalue weighted by Crippen LogP contribution is 2.16. The van der Waals surface area contributed by atoms with Gasteiger partial charge in [-0.2, -0.15) is 0 Å². The number of hydrogen-bond donors (Lipinski definition) is 2. The maximum atomic E-state index is 12.1. The highest BCUT2D eigenvalue weighted by molar-refractivity contribution is 7.89. The van der Waals surface area contributed by atoms with E-state index in [4.69, 9.17) is 9.15 Å². The van der Waals surface area contributed by atoms with Crippen LogP contribution in [0.2, 0.25) is 0 Å². The van der Waals surface area contributed by atoms with Crippen LogP contribution in [0.15, 0.2) is 21.6 Å². The fourth-order valence-electron chi connectivity index (χ4n) is 1.76. The number of sulfonamides is 1. The van der Waals surface area contributed by atoms with Gasteiger partial charge in [-0.1, -0.05) is 6.92 Å². The number of carbonyl (C=O) groups is 1. The molecule has 1 amide bonds. The zero-order chi connectivity index (χ0) is 17.0. The summed E-state index contributed by atoms with van der Waals surface area (Å²) in [5.41, 5.74) is -0.639. The molecule has 22 heavy (non-hydrogen) atoms. The monoisotopic (exact) mass is 332 g/mol. The van der Waals surface area contributed by atoms with Gasteiger partial charge in [0.1, 0.15) is 0 Å². The lowest BCUT2D eigenvalue weighted by Crippen LogP contribution is -2.40. The van der Waals surface area contributed by atoms with Crippen LogP contribution < -0.4 is 10.0 Å². The molecule has 8 heteroatoms. The van der Waals surface area contributed by atoms with Crippen molar-refractivity contribution in [1.29, 1.82) is 0 Å². The van der Waals surface area contributed by atoms with Gasteiger partial charge >= 0.3 is 0 Å². The van der Waals surface area contributed by atoms with Crippen LogP contribution in [0.5, 0.6) is 0 Å². The van der Waals surface area contributed by atoms with Crippen molar-refractivity contribution in [2.24, 2.45) is 0 Å². The zero-order valence-electron chi connectivity index (χ0n) is 13.6. The van der Waals surface area contributed by atoms with E-state index >= 15 is 0 Å². The van der Waals surface area contributed by atoms with Crippen LogP contribution in [-0.4, -0.2) is 39.6 Å². The van der Waals surface area contributed by atoms with Crippen LogP contribution in [0.3, 0.4) is 0 Å². The van der Waals surface area contributed by atoms with Gasteiger partial charge in [-0.3, -0.25) is 4.79 Å². The molecule has 0 aromatic carbocycles. The summed E-state index contributed by atoms with van der Waals surface area (Å²) in [5, 5.41) is 2.44. The second kappa shape index (κ2) is 7.26. The summed E-state index contributed by atoms with van der Waals surface area (Å²) < 4.78 is 36.9. The van der Waals surface area contributed by atoms with Crippen LogP contribution >= 0.6 is 0 Å². The summed E-state index contributed by atoms with van der Waals surface area (Å²) in [4.78, 5) is 12.0. The first kappa shape index (κ1) is 18.7. The Hall–Kier alpha value is -1.38. The molecule has 0 aliphatic carbocycles. The number of nitrogens with one attached hydrogen (secondary N) is 2. The van der Waals surface area contributed by atoms with Gasteiger partial charge in [0.15, 0.2) is 5.76 Å². The summed E-state index contributed by atoms with van der Waals surface area (Å²) in [6, 6.07) is 2.45. The van der Waals surface area contributed by atoms with Crippen molar-refractivity contribution in [3.8, 4) is 0 Å². The lowest BCUT2D eigenvalue weighted by Gasteiger charge is -2.19. The van der Waals surface area contributed by atoms with Crippen molar-refractivity contribution in [3.05, 3.63) is 17.9 Å². The summed E-state index contributed by atoms with van der Waals surface area (Å²) in [7, 11) is -2.25. The number of hydrogen-bond acceptors (Lipinski definition) is 5. The second-order valence-electron chi connectivity index (χ2n) is 6.01. The topological polar surface area (TPSA) is 97.6 Å². The van der Waals surface area contributed by atoms with Gasteiger partial charge in [0.25, 0.3) is 15.9 Å². The molecule has 1 unspecified atom stereocenters.